The lowest BCUT2D eigenvalue weighted by atomic mass is 10.1. The molecular formula is C14H20N2O4. The molecule has 0 amide bonds. The van der Waals surface area contributed by atoms with Gasteiger partial charge in [-0.1, -0.05) is 0 Å². The number of nitrogens with zero attached hydrogens (tertiary/aromatic N) is 2. The molecule has 2 rings (SSSR count). The van der Waals surface area contributed by atoms with Crippen LogP contribution in [0.25, 0.3) is 0 Å². The molecule has 0 atom stereocenters. The molecule has 110 valence electrons. The molecule has 20 heavy (non-hydrogen) atoms. The Kier molecular flexibility index (Phi) is 4.92. The summed E-state index contributed by atoms with van der Waals surface area (Å²) in [6.07, 6.45) is 2.32. The van der Waals surface area contributed by atoms with E-state index in [-0.39, 0.29) is 10.6 Å². The lowest BCUT2D eigenvalue weighted by molar-refractivity contribution is -0.385. The van der Waals surface area contributed by atoms with Crippen molar-refractivity contribution < 1.29 is 14.4 Å². The van der Waals surface area contributed by atoms with E-state index in [0.29, 0.717) is 18.4 Å². The van der Waals surface area contributed by atoms with E-state index in [1.54, 1.807) is 26.4 Å². The van der Waals surface area contributed by atoms with Crippen molar-refractivity contribution >= 4 is 5.69 Å². The molecule has 0 aliphatic carbocycles. The van der Waals surface area contributed by atoms with Gasteiger partial charge in [-0.05, 0) is 18.9 Å². The van der Waals surface area contributed by atoms with Crippen molar-refractivity contribution in [2.45, 2.75) is 25.5 Å². The average molecular weight is 280 g/mol. The van der Waals surface area contributed by atoms with Gasteiger partial charge >= 0.3 is 0 Å². The van der Waals surface area contributed by atoms with Crippen LogP contribution in [0.3, 0.4) is 0 Å². The Hall–Kier alpha value is -1.66. The molecule has 0 unspecified atom stereocenters. The third kappa shape index (κ3) is 3.46. The molecule has 6 heteroatoms. The summed E-state index contributed by atoms with van der Waals surface area (Å²) in [6.45, 7) is 2.54. The van der Waals surface area contributed by atoms with Crippen LogP contribution in [-0.4, -0.2) is 43.2 Å². The summed E-state index contributed by atoms with van der Waals surface area (Å²) in [5.74, 6) is 0.699. The molecule has 0 bridgehead atoms. The summed E-state index contributed by atoms with van der Waals surface area (Å²) < 4.78 is 10.6. The minimum Gasteiger partial charge on any atom is -0.496 e. The Morgan fingerprint density at radius 3 is 2.60 bits per heavy atom. The van der Waals surface area contributed by atoms with Crippen LogP contribution in [0.2, 0.25) is 0 Å². The zero-order chi connectivity index (χ0) is 14.5. The van der Waals surface area contributed by atoms with Crippen LogP contribution in [-0.2, 0) is 11.3 Å². The fourth-order valence-corrected chi connectivity index (χ4v) is 2.55. The lowest BCUT2D eigenvalue weighted by Crippen LogP contribution is -2.36. The number of benzene rings is 1. The van der Waals surface area contributed by atoms with Crippen molar-refractivity contribution in [2.24, 2.45) is 0 Å². The minimum absolute atomic E-state index is 0.104. The minimum atomic E-state index is -0.375. The standard InChI is InChI=1S/C14H20N2O4/c1-19-13-5-7-15(8-6-13)10-11-9-12(16(17)18)3-4-14(11)20-2/h3-4,9,13H,5-8,10H2,1-2H3. The Bertz CT molecular complexity index is 470. The summed E-state index contributed by atoms with van der Waals surface area (Å²) in [5.41, 5.74) is 0.963. The van der Waals surface area contributed by atoms with Crippen LogP contribution in [0.4, 0.5) is 5.69 Å². The second-order valence-electron chi connectivity index (χ2n) is 4.96. The van der Waals surface area contributed by atoms with Crippen LogP contribution in [0.5, 0.6) is 5.75 Å². The van der Waals surface area contributed by atoms with Crippen LogP contribution in [0.15, 0.2) is 18.2 Å². The number of non-ortho nitro benzene ring substituents is 1. The van der Waals surface area contributed by atoms with Gasteiger partial charge in [0.25, 0.3) is 5.69 Å². The summed E-state index contributed by atoms with van der Waals surface area (Å²) in [5, 5.41) is 10.9. The molecule has 1 heterocycles. The number of ether oxygens (including phenoxy) is 2. The van der Waals surface area contributed by atoms with Crippen molar-refractivity contribution in [2.75, 3.05) is 27.3 Å². The number of hydrogen-bond acceptors (Lipinski definition) is 5. The van der Waals surface area contributed by atoms with Gasteiger partial charge in [0.15, 0.2) is 0 Å². The maximum atomic E-state index is 10.9. The highest BCUT2D eigenvalue weighted by Crippen LogP contribution is 2.26. The molecular weight excluding hydrogens is 260 g/mol. The molecule has 1 saturated heterocycles. The van der Waals surface area contributed by atoms with Crippen molar-refractivity contribution in [1.82, 2.24) is 4.90 Å². The molecule has 1 fully saturated rings. The van der Waals surface area contributed by atoms with Gasteiger partial charge in [-0.3, -0.25) is 15.0 Å². The van der Waals surface area contributed by atoms with Crippen molar-refractivity contribution in [3.8, 4) is 5.75 Å². The van der Waals surface area contributed by atoms with E-state index in [1.165, 1.54) is 6.07 Å². The molecule has 1 aliphatic heterocycles. The van der Waals surface area contributed by atoms with Crippen LogP contribution in [0.1, 0.15) is 18.4 Å². The predicted octanol–water partition coefficient (Wildman–Crippen LogP) is 2.21. The first-order chi connectivity index (χ1) is 9.63. The zero-order valence-corrected chi connectivity index (χ0v) is 11.9. The Morgan fingerprint density at radius 2 is 2.05 bits per heavy atom. The Labute approximate surface area is 118 Å². The number of methoxy groups -OCH3 is 2. The average Bonchev–Trinajstić information content (AvgIpc) is 2.48. The molecule has 0 saturated carbocycles. The van der Waals surface area contributed by atoms with Crippen LogP contribution >= 0.6 is 0 Å². The third-order valence-corrected chi connectivity index (χ3v) is 3.74. The quantitative estimate of drug-likeness (QED) is 0.611. The van der Waals surface area contributed by atoms with Crippen LogP contribution in [0, 0.1) is 10.1 Å². The highest BCUT2D eigenvalue weighted by molar-refractivity contribution is 5.43. The number of piperidine rings is 1. The fraction of sp³-hybridized carbons (Fsp3) is 0.571. The first-order valence-corrected chi connectivity index (χ1v) is 6.70. The van der Waals surface area contributed by atoms with E-state index >= 15 is 0 Å². The second kappa shape index (κ2) is 6.67. The summed E-state index contributed by atoms with van der Waals surface area (Å²) in [6, 6.07) is 4.73. The molecule has 0 N–H and O–H groups in total. The van der Waals surface area contributed by atoms with Gasteiger partial charge in [0.2, 0.25) is 0 Å². The Balaban J connectivity index is 2.08. The number of hydrogen-bond donors (Lipinski definition) is 0. The van der Waals surface area contributed by atoms with E-state index in [1.807, 2.05) is 0 Å². The lowest BCUT2D eigenvalue weighted by Gasteiger charge is -2.31. The van der Waals surface area contributed by atoms with Gasteiger partial charge in [0.05, 0.1) is 18.1 Å². The summed E-state index contributed by atoms with van der Waals surface area (Å²) in [7, 11) is 3.33. The van der Waals surface area contributed by atoms with Gasteiger partial charge in [-0.15, -0.1) is 0 Å². The van der Waals surface area contributed by atoms with E-state index in [2.05, 4.69) is 4.90 Å². The third-order valence-electron chi connectivity index (χ3n) is 3.74. The topological polar surface area (TPSA) is 64.8 Å². The first-order valence-electron chi connectivity index (χ1n) is 6.70. The Morgan fingerprint density at radius 1 is 1.35 bits per heavy atom. The van der Waals surface area contributed by atoms with Crippen molar-refractivity contribution in [3.05, 3.63) is 33.9 Å². The van der Waals surface area contributed by atoms with E-state index in [0.717, 1.165) is 31.5 Å². The van der Waals surface area contributed by atoms with Crippen molar-refractivity contribution in [1.29, 1.82) is 0 Å². The van der Waals surface area contributed by atoms with E-state index < -0.39 is 0 Å². The summed E-state index contributed by atoms with van der Waals surface area (Å²) >= 11 is 0. The van der Waals surface area contributed by atoms with E-state index in [4.69, 9.17) is 9.47 Å². The van der Waals surface area contributed by atoms with Gasteiger partial charge in [-0.2, -0.15) is 0 Å². The molecule has 1 aromatic carbocycles. The number of nitro benzene ring substituents is 1. The molecule has 0 aromatic heterocycles. The fourth-order valence-electron chi connectivity index (χ4n) is 2.55. The largest absolute Gasteiger partial charge is 0.496 e. The molecule has 6 nitrogen and oxygen atoms in total. The van der Waals surface area contributed by atoms with E-state index in [9.17, 15) is 10.1 Å². The molecule has 1 aliphatic rings. The SMILES string of the molecule is COc1ccc([N+](=O)[O-])cc1CN1CCC(OC)CC1. The number of rotatable bonds is 5. The predicted molar refractivity (Wildman–Crippen MR) is 75.0 cm³/mol. The number of likely N-dealkylation sites (tertiary alicyclic amines) is 1. The monoisotopic (exact) mass is 280 g/mol. The maximum Gasteiger partial charge on any atom is 0.270 e. The van der Waals surface area contributed by atoms with Gasteiger partial charge in [0.1, 0.15) is 5.75 Å². The van der Waals surface area contributed by atoms with Crippen molar-refractivity contribution in [3.63, 3.8) is 0 Å². The second-order valence-corrected chi connectivity index (χ2v) is 4.96. The van der Waals surface area contributed by atoms with Gasteiger partial charge in [-0.25, -0.2) is 0 Å². The number of nitro groups is 1. The maximum absolute atomic E-state index is 10.9. The highest BCUT2D eigenvalue weighted by atomic mass is 16.6. The first kappa shape index (κ1) is 14.7. The molecule has 1 aromatic rings. The zero-order valence-electron chi connectivity index (χ0n) is 11.9. The normalized spacial score (nSPS) is 17.1. The van der Waals surface area contributed by atoms with Crippen LogP contribution < -0.4 is 4.74 Å². The van der Waals surface area contributed by atoms with Gasteiger partial charge in [0, 0.05) is 44.4 Å². The highest BCUT2D eigenvalue weighted by Gasteiger charge is 2.20. The molecule has 0 spiro atoms. The van der Waals surface area contributed by atoms with Gasteiger partial charge < -0.3 is 9.47 Å². The molecule has 0 radical (unpaired) electrons. The smallest absolute Gasteiger partial charge is 0.270 e. The summed E-state index contributed by atoms with van der Waals surface area (Å²) in [4.78, 5) is 12.8.